The van der Waals surface area contributed by atoms with Gasteiger partial charge >= 0.3 is 0 Å². The van der Waals surface area contributed by atoms with Gasteiger partial charge in [0, 0.05) is 16.0 Å². The Kier molecular flexibility index (Phi) is 3.08. The zero-order valence-electron chi connectivity index (χ0n) is 12.7. The van der Waals surface area contributed by atoms with Gasteiger partial charge in [-0.1, -0.05) is 66.2 Å². The van der Waals surface area contributed by atoms with E-state index in [2.05, 4.69) is 5.10 Å². The van der Waals surface area contributed by atoms with Gasteiger partial charge in [-0.3, -0.25) is 0 Å². The Labute approximate surface area is 133 Å². The van der Waals surface area contributed by atoms with Gasteiger partial charge < -0.3 is 5.21 Å². The summed E-state index contributed by atoms with van der Waals surface area (Å²) in [4.78, 5) is 2.24. The number of rotatable bonds is 2. The van der Waals surface area contributed by atoms with Crippen molar-refractivity contribution < 1.29 is 4.85 Å². The molecule has 0 aliphatic rings. The molecule has 0 bridgehead atoms. The molecule has 4 nitrogen and oxygen atoms in total. The highest BCUT2D eigenvalue weighted by Crippen LogP contribution is 2.22. The summed E-state index contributed by atoms with van der Waals surface area (Å²) in [5, 5.41) is 19.1. The molecule has 0 N–H and O–H groups in total. The van der Waals surface area contributed by atoms with Crippen molar-refractivity contribution in [2.45, 2.75) is 6.92 Å². The van der Waals surface area contributed by atoms with E-state index in [9.17, 15) is 5.21 Å². The lowest BCUT2D eigenvalue weighted by Crippen LogP contribution is -2.38. The summed E-state index contributed by atoms with van der Waals surface area (Å²) < 4.78 is 0. The minimum atomic E-state index is 0.540. The highest BCUT2D eigenvalue weighted by molar-refractivity contribution is 5.89. The smallest absolute Gasteiger partial charge is 0.215 e. The van der Waals surface area contributed by atoms with Gasteiger partial charge in [-0.25, -0.2) is 0 Å². The Bertz CT molecular complexity index is 982. The molecule has 1 aromatic heterocycles. The van der Waals surface area contributed by atoms with Crippen molar-refractivity contribution >= 4 is 10.8 Å². The van der Waals surface area contributed by atoms with Crippen LogP contribution in [-0.4, -0.2) is 9.90 Å². The summed E-state index contributed by atoms with van der Waals surface area (Å²) >= 11 is 0. The minimum Gasteiger partial charge on any atom is -0.692 e. The van der Waals surface area contributed by atoms with Gasteiger partial charge in [0.1, 0.15) is 5.69 Å². The molecular weight excluding hydrogens is 286 g/mol. The van der Waals surface area contributed by atoms with Crippen LogP contribution < -0.4 is 4.85 Å². The number of nitrogens with zero attached hydrogens (tertiary/aromatic N) is 3. The van der Waals surface area contributed by atoms with Crippen LogP contribution in [0.15, 0.2) is 72.9 Å². The van der Waals surface area contributed by atoms with E-state index in [4.69, 9.17) is 0 Å². The van der Waals surface area contributed by atoms with Crippen molar-refractivity contribution in [1.29, 1.82) is 0 Å². The first-order chi connectivity index (χ1) is 11.2. The maximum Gasteiger partial charge on any atom is 0.215 e. The fourth-order valence-corrected chi connectivity index (χ4v) is 2.76. The Morgan fingerprint density at radius 2 is 1.65 bits per heavy atom. The van der Waals surface area contributed by atoms with E-state index in [1.54, 1.807) is 6.20 Å². The third-order valence-corrected chi connectivity index (χ3v) is 4.00. The molecule has 0 saturated heterocycles. The average Bonchev–Trinajstić information content (AvgIpc) is 2.96. The number of benzene rings is 3. The van der Waals surface area contributed by atoms with Gasteiger partial charge in [-0.15, -0.1) is 4.85 Å². The molecule has 4 aromatic rings. The van der Waals surface area contributed by atoms with Crippen molar-refractivity contribution in [2.75, 3.05) is 0 Å². The van der Waals surface area contributed by atoms with Gasteiger partial charge in [0.2, 0.25) is 11.9 Å². The highest BCUT2D eigenvalue weighted by Gasteiger charge is 2.17. The zero-order valence-corrected chi connectivity index (χ0v) is 12.7. The Hall–Kier alpha value is -3.14. The van der Waals surface area contributed by atoms with E-state index in [1.165, 1.54) is 4.80 Å². The number of hydrogen-bond acceptors (Lipinski definition) is 2. The topological polar surface area (TPSA) is 44.8 Å². The van der Waals surface area contributed by atoms with E-state index in [0.717, 1.165) is 32.4 Å². The fourth-order valence-electron chi connectivity index (χ4n) is 2.76. The van der Waals surface area contributed by atoms with Crippen LogP contribution in [0.4, 0.5) is 0 Å². The van der Waals surface area contributed by atoms with Crippen LogP contribution in [0.25, 0.3) is 27.7 Å². The molecule has 0 amide bonds. The van der Waals surface area contributed by atoms with Crippen LogP contribution >= 0.6 is 0 Å². The third kappa shape index (κ3) is 2.25. The molecule has 0 atom stereocenters. The highest BCUT2D eigenvalue weighted by atomic mass is 16.5. The molecule has 4 rings (SSSR count). The van der Waals surface area contributed by atoms with Crippen LogP contribution in [0.5, 0.6) is 0 Å². The minimum absolute atomic E-state index is 0.540. The van der Waals surface area contributed by atoms with Gasteiger partial charge in [0.05, 0.1) is 0 Å². The molecular formula is C19H15N3O. The van der Waals surface area contributed by atoms with Crippen LogP contribution in [0.2, 0.25) is 0 Å². The van der Waals surface area contributed by atoms with Crippen molar-refractivity contribution in [3.63, 3.8) is 0 Å². The number of fused-ring (bicyclic) bond motifs is 1. The molecule has 0 aliphatic heterocycles. The third-order valence-electron chi connectivity index (χ3n) is 4.00. The summed E-state index contributed by atoms with van der Waals surface area (Å²) in [7, 11) is 0. The van der Waals surface area contributed by atoms with Crippen LogP contribution in [-0.2, 0) is 0 Å². The molecule has 0 aliphatic carbocycles. The van der Waals surface area contributed by atoms with E-state index in [0.29, 0.717) is 5.69 Å². The maximum atomic E-state index is 12.7. The summed E-state index contributed by atoms with van der Waals surface area (Å²) in [5.41, 5.74) is 3.33. The lowest BCUT2D eigenvalue weighted by molar-refractivity contribution is -0.678. The first-order valence-corrected chi connectivity index (χ1v) is 7.47. The molecule has 4 heteroatoms. The number of aryl methyl sites for hydroxylation is 1. The molecule has 0 unspecified atom stereocenters. The SMILES string of the molecule is Cc1ccc(-c2cnn(-c3cccc4ccccc34)[n+]2[O-])cc1. The Morgan fingerprint density at radius 3 is 2.48 bits per heavy atom. The quantitative estimate of drug-likeness (QED) is 0.419. The molecule has 3 aromatic carbocycles. The second-order valence-electron chi connectivity index (χ2n) is 5.56. The predicted octanol–water partition coefficient (Wildman–Crippen LogP) is 3.63. The zero-order chi connectivity index (χ0) is 15.8. The second kappa shape index (κ2) is 5.25. The summed E-state index contributed by atoms with van der Waals surface area (Å²) in [6.45, 7) is 2.02. The molecule has 23 heavy (non-hydrogen) atoms. The second-order valence-corrected chi connectivity index (χ2v) is 5.56. The van der Waals surface area contributed by atoms with Crippen LogP contribution in [0.1, 0.15) is 5.56 Å². The van der Waals surface area contributed by atoms with Crippen LogP contribution in [0, 0.1) is 12.1 Å². The maximum absolute atomic E-state index is 12.7. The van der Waals surface area contributed by atoms with E-state index in [1.807, 2.05) is 73.7 Å². The standard InChI is InChI=1S/C19H15N3O/c1-14-9-11-16(12-10-14)19-13-20-21(22(19)23)18-8-4-6-15-5-2-3-7-17(15)18/h2-13H,1H3. The van der Waals surface area contributed by atoms with Crippen molar-refractivity contribution in [1.82, 2.24) is 9.90 Å². The largest absolute Gasteiger partial charge is 0.692 e. The first-order valence-electron chi connectivity index (χ1n) is 7.47. The first kappa shape index (κ1) is 13.5. The van der Waals surface area contributed by atoms with E-state index >= 15 is 0 Å². The van der Waals surface area contributed by atoms with Crippen LogP contribution in [0.3, 0.4) is 0 Å². The molecule has 0 fully saturated rings. The summed E-state index contributed by atoms with van der Waals surface area (Å²) in [6, 6.07) is 21.7. The Morgan fingerprint density at radius 1 is 0.913 bits per heavy atom. The lowest BCUT2D eigenvalue weighted by Gasteiger charge is -2.09. The monoisotopic (exact) mass is 301 g/mol. The van der Waals surface area contributed by atoms with E-state index < -0.39 is 0 Å². The molecule has 0 radical (unpaired) electrons. The van der Waals surface area contributed by atoms with Crippen molar-refractivity contribution in [2.24, 2.45) is 0 Å². The predicted molar refractivity (Wildman–Crippen MR) is 90.2 cm³/mol. The van der Waals surface area contributed by atoms with Crippen molar-refractivity contribution in [3.8, 4) is 16.9 Å². The van der Waals surface area contributed by atoms with Gasteiger partial charge in [-0.05, 0) is 23.2 Å². The average molecular weight is 301 g/mol. The molecule has 0 spiro atoms. The van der Waals surface area contributed by atoms with Gasteiger partial charge in [-0.2, -0.15) is 0 Å². The molecule has 112 valence electrons. The van der Waals surface area contributed by atoms with Gasteiger partial charge in [0.25, 0.3) is 0 Å². The van der Waals surface area contributed by atoms with Gasteiger partial charge in [0.15, 0.2) is 0 Å². The summed E-state index contributed by atoms with van der Waals surface area (Å²) in [6.07, 6.45) is 1.61. The van der Waals surface area contributed by atoms with Crippen molar-refractivity contribution in [3.05, 3.63) is 83.7 Å². The number of hydrogen-bond donors (Lipinski definition) is 0. The fraction of sp³-hybridized carbons (Fsp3) is 0.0526. The molecule has 1 heterocycles. The normalized spacial score (nSPS) is 11.0. The lowest BCUT2D eigenvalue weighted by atomic mass is 10.1. The molecule has 0 saturated carbocycles. The van der Waals surface area contributed by atoms with E-state index in [-0.39, 0.29) is 0 Å². The Balaban J connectivity index is 1.89. The summed E-state index contributed by atoms with van der Waals surface area (Å²) in [5.74, 6) is 0. The number of aromatic nitrogens is 3.